The molecular weight excluding hydrogens is 196 g/mol. The summed E-state index contributed by atoms with van der Waals surface area (Å²) in [5.41, 5.74) is 2.23. The normalized spacial score (nSPS) is 18.1. The second-order valence-corrected chi connectivity index (χ2v) is 3.21. The van der Waals surface area contributed by atoms with Gasteiger partial charge < -0.3 is 0 Å². The van der Waals surface area contributed by atoms with Gasteiger partial charge in [0.05, 0.1) is 6.54 Å². The Balaban J connectivity index is 2.97. The molecule has 0 aromatic carbocycles. The van der Waals surface area contributed by atoms with Gasteiger partial charge in [-0.3, -0.25) is 4.99 Å². The van der Waals surface area contributed by atoms with Crippen LogP contribution in [0.3, 0.4) is 0 Å². The number of aliphatic imine (C=N–C) groups is 2. The fourth-order valence-corrected chi connectivity index (χ4v) is 1.38. The van der Waals surface area contributed by atoms with E-state index >= 15 is 0 Å². The third-order valence-corrected chi connectivity index (χ3v) is 2.05. The lowest BCUT2D eigenvalue weighted by molar-refractivity contribution is 1.17. The molecule has 0 atom stereocenters. The van der Waals surface area contributed by atoms with Gasteiger partial charge in [0, 0.05) is 0 Å². The third kappa shape index (κ3) is 2.96. The van der Waals surface area contributed by atoms with Crippen molar-refractivity contribution < 1.29 is 0 Å². The van der Waals surface area contributed by atoms with Crippen molar-refractivity contribution in [1.82, 2.24) is 0 Å². The summed E-state index contributed by atoms with van der Waals surface area (Å²) >= 11 is 5.85. The van der Waals surface area contributed by atoms with Gasteiger partial charge in [-0.1, -0.05) is 29.8 Å². The van der Waals surface area contributed by atoms with E-state index in [2.05, 4.69) is 9.98 Å². The summed E-state index contributed by atoms with van der Waals surface area (Å²) < 4.78 is 0. The van der Waals surface area contributed by atoms with Gasteiger partial charge in [0.1, 0.15) is 11.5 Å². The van der Waals surface area contributed by atoms with Crippen molar-refractivity contribution in [2.75, 3.05) is 6.54 Å². The highest BCUT2D eigenvalue weighted by Gasteiger charge is 2.03. The number of allylic oxidation sites excluding steroid dienone is 4. The third-order valence-electron chi connectivity index (χ3n) is 1.85. The highest BCUT2D eigenvalue weighted by molar-refractivity contribution is 6.69. The average Bonchev–Trinajstić information content (AvgIpc) is 2.39. The van der Waals surface area contributed by atoms with Gasteiger partial charge >= 0.3 is 0 Å². The highest BCUT2D eigenvalue weighted by Crippen LogP contribution is 2.14. The Morgan fingerprint density at radius 3 is 2.93 bits per heavy atom. The number of halogens is 1. The van der Waals surface area contributed by atoms with Crippen LogP contribution in [0.1, 0.15) is 13.8 Å². The molecule has 2 nitrogen and oxygen atoms in total. The van der Waals surface area contributed by atoms with E-state index < -0.39 is 0 Å². The molecular formula is C11H13ClN2. The number of nitrogens with zero attached hydrogens (tertiary/aromatic N) is 2. The van der Waals surface area contributed by atoms with Crippen LogP contribution in [0.4, 0.5) is 0 Å². The molecule has 1 aliphatic heterocycles. The van der Waals surface area contributed by atoms with E-state index in [4.69, 9.17) is 11.6 Å². The van der Waals surface area contributed by atoms with Crippen molar-refractivity contribution in [1.29, 1.82) is 0 Å². The molecule has 0 unspecified atom stereocenters. The van der Waals surface area contributed by atoms with Crippen molar-refractivity contribution in [2.24, 2.45) is 9.98 Å². The summed E-state index contributed by atoms with van der Waals surface area (Å²) in [6.45, 7) is 4.61. The van der Waals surface area contributed by atoms with Crippen molar-refractivity contribution in [3.8, 4) is 0 Å². The van der Waals surface area contributed by atoms with Crippen LogP contribution in [-0.4, -0.2) is 18.1 Å². The number of hydrogen-bond acceptors (Lipinski definition) is 2. The summed E-state index contributed by atoms with van der Waals surface area (Å²) in [5, 5.41) is 0.477. The summed E-state index contributed by atoms with van der Waals surface area (Å²) in [4.78, 5) is 8.03. The molecule has 0 saturated carbocycles. The van der Waals surface area contributed by atoms with Gasteiger partial charge in [-0.05, 0) is 31.1 Å². The smallest absolute Gasteiger partial charge is 0.131 e. The Hall–Kier alpha value is -1.15. The minimum atomic E-state index is 0.477. The first kappa shape index (κ1) is 10.9. The van der Waals surface area contributed by atoms with E-state index in [0.717, 1.165) is 11.1 Å². The van der Waals surface area contributed by atoms with Crippen LogP contribution >= 0.6 is 11.6 Å². The summed E-state index contributed by atoms with van der Waals surface area (Å²) in [6, 6.07) is 0. The van der Waals surface area contributed by atoms with E-state index in [0.29, 0.717) is 11.7 Å². The fraction of sp³-hybridized carbons (Fsp3) is 0.273. The lowest BCUT2D eigenvalue weighted by atomic mass is 10.1. The van der Waals surface area contributed by atoms with Crippen LogP contribution < -0.4 is 0 Å². The highest BCUT2D eigenvalue weighted by atomic mass is 35.5. The second-order valence-electron chi connectivity index (χ2n) is 2.82. The first-order chi connectivity index (χ1) is 6.77. The molecule has 0 aromatic heterocycles. The molecule has 1 rings (SSSR count). The standard InChI is InChI=1S/C11H13ClN2/c1-3-5-9(4-2)10-6-11(12)14-8-13-7-10/h3-6,8H,7H2,1-2H3. The van der Waals surface area contributed by atoms with Gasteiger partial charge in [0.15, 0.2) is 0 Å². The van der Waals surface area contributed by atoms with Crippen LogP contribution in [0, 0.1) is 0 Å². The van der Waals surface area contributed by atoms with Crippen molar-refractivity contribution in [3.63, 3.8) is 0 Å². The van der Waals surface area contributed by atoms with E-state index in [1.54, 1.807) is 0 Å². The van der Waals surface area contributed by atoms with Crippen LogP contribution in [-0.2, 0) is 0 Å². The van der Waals surface area contributed by atoms with Crippen LogP contribution in [0.5, 0.6) is 0 Å². The van der Waals surface area contributed by atoms with Gasteiger partial charge in [-0.25, -0.2) is 4.99 Å². The number of rotatable bonds is 2. The monoisotopic (exact) mass is 208 g/mol. The fourth-order valence-electron chi connectivity index (χ4n) is 1.20. The Morgan fingerprint density at radius 2 is 2.29 bits per heavy atom. The quantitative estimate of drug-likeness (QED) is 0.623. The summed E-state index contributed by atoms with van der Waals surface area (Å²) in [6.07, 6.45) is 9.42. The predicted octanol–water partition coefficient (Wildman–Crippen LogP) is 3.11. The lowest BCUT2D eigenvalue weighted by Gasteiger charge is -2.03. The van der Waals surface area contributed by atoms with E-state index in [1.807, 2.05) is 38.2 Å². The average molecular weight is 209 g/mol. The molecule has 0 fully saturated rings. The van der Waals surface area contributed by atoms with Gasteiger partial charge in [0.2, 0.25) is 0 Å². The minimum absolute atomic E-state index is 0.477. The maximum Gasteiger partial charge on any atom is 0.131 e. The van der Waals surface area contributed by atoms with Crippen molar-refractivity contribution in [3.05, 3.63) is 35.5 Å². The van der Waals surface area contributed by atoms with Crippen LogP contribution in [0.25, 0.3) is 0 Å². The Morgan fingerprint density at radius 1 is 1.50 bits per heavy atom. The van der Waals surface area contributed by atoms with E-state index in [1.165, 1.54) is 6.34 Å². The van der Waals surface area contributed by atoms with Crippen LogP contribution in [0.15, 0.2) is 45.4 Å². The Bertz CT molecular complexity index is 346. The molecule has 0 saturated heterocycles. The maximum absolute atomic E-state index is 5.85. The molecule has 0 bridgehead atoms. The van der Waals surface area contributed by atoms with E-state index in [9.17, 15) is 0 Å². The SMILES string of the molecule is CC=CC(=CC)C1=CC(Cl)=NC=NC1. The molecule has 0 N–H and O–H groups in total. The molecule has 14 heavy (non-hydrogen) atoms. The molecule has 0 amide bonds. The zero-order chi connectivity index (χ0) is 10.4. The molecule has 0 aliphatic carbocycles. The molecule has 0 radical (unpaired) electrons. The first-order valence-electron chi connectivity index (χ1n) is 4.49. The Kier molecular flexibility index (Phi) is 4.33. The topological polar surface area (TPSA) is 24.7 Å². The van der Waals surface area contributed by atoms with Gasteiger partial charge in [0.25, 0.3) is 0 Å². The minimum Gasteiger partial charge on any atom is -0.269 e. The van der Waals surface area contributed by atoms with Gasteiger partial charge in [-0.2, -0.15) is 0 Å². The molecule has 0 aromatic rings. The summed E-state index contributed by atoms with van der Waals surface area (Å²) in [7, 11) is 0. The Labute approximate surface area is 89.4 Å². The van der Waals surface area contributed by atoms with Gasteiger partial charge in [-0.15, -0.1) is 0 Å². The molecule has 1 aliphatic rings. The zero-order valence-corrected chi connectivity index (χ0v) is 9.12. The predicted molar refractivity (Wildman–Crippen MR) is 63.3 cm³/mol. The molecule has 1 heterocycles. The van der Waals surface area contributed by atoms with Crippen molar-refractivity contribution >= 4 is 23.1 Å². The van der Waals surface area contributed by atoms with Crippen LogP contribution in [0.2, 0.25) is 0 Å². The molecule has 0 spiro atoms. The van der Waals surface area contributed by atoms with Crippen molar-refractivity contribution in [2.45, 2.75) is 13.8 Å². The lowest BCUT2D eigenvalue weighted by Crippen LogP contribution is -1.93. The largest absolute Gasteiger partial charge is 0.269 e. The first-order valence-corrected chi connectivity index (χ1v) is 4.87. The molecule has 74 valence electrons. The zero-order valence-electron chi connectivity index (χ0n) is 8.37. The molecule has 3 heteroatoms. The summed E-state index contributed by atoms with van der Waals surface area (Å²) in [5.74, 6) is 0. The second kappa shape index (κ2) is 5.55. The van der Waals surface area contributed by atoms with E-state index in [-0.39, 0.29) is 0 Å². The number of hydrogen-bond donors (Lipinski definition) is 0. The maximum atomic E-state index is 5.85.